The lowest BCUT2D eigenvalue weighted by atomic mass is 9.74. The minimum atomic E-state index is -1.08. The molecule has 0 spiro atoms. The molecule has 1 amide bonds. The van der Waals surface area contributed by atoms with E-state index in [0.717, 1.165) is 25.0 Å². The van der Waals surface area contributed by atoms with Gasteiger partial charge in [-0.15, -0.1) is 0 Å². The third-order valence-corrected chi connectivity index (χ3v) is 6.15. The number of hydrogen-bond donors (Lipinski definition) is 0. The number of carbonyl (C=O) groups excluding carboxylic acids is 1. The number of likely N-dealkylation sites (tertiary alicyclic amines) is 1. The van der Waals surface area contributed by atoms with Crippen LogP contribution in [0, 0.1) is 5.41 Å². The van der Waals surface area contributed by atoms with Gasteiger partial charge in [-0.3, -0.25) is 4.79 Å². The van der Waals surface area contributed by atoms with Crippen LogP contribution in [0.4, 0.5) is 0 Å². The van der Waals surface area contributed by atoms with Crippen LogP contribution in [0.2, 0.25) is 25.7 Å². The summed E-state index contributed by atoms with van der Waals surface area (Å²) in [4.78, 5) is 18.7. The number of imidazole rings is 1. The second-order valence-corrected chi connectivity index (χ2v) is 14.1. The molecule has 5 nitrogen and oxygen atoms in total. The molecule has 1 aromatic heterocycles. The first-order valence-electron chi connectivity index (χ1n) is 8.68. The largest absolute Gasteiger partial charge is 0.361 e. The molecule has 2 heterocycles. The van der Waals surface area contributed by atoms with Crippen molar-refractivity contribution >= 4 is 14.0 Å². The van der Waals surface area contributed by atoms with E-state index in [2.05, 4.69) is 38.5 Å². The summed E-state index contributed by atoms with van der Waals surface area (Å²) >= 11 is 0. The molecule has 24 heavy (non-hydrogen) atoms. The molecule has 1 aliphatic heterocycles. The average molecular weight is 350 g/mol. The van der Waals surface area contributed by atoms with Crippen molar-refractivity contribution in [2.45, 2.75) is 59.2 Å². The highest BCUT2D eigenvalue weighted by molar-refractivity contribution is 6.76. The minimum absolute atomic E-state index is 0.00297. The summed E-state index contributed by atoms with van der Waals surface area (Å²) in [7, 11) is -1.08. The molecule has 1 atom stereocenters. The topological polar surface area (TPSA) is 47.4 Å². The van der Waals surface area contributed by atoms with E-state index in [4.69, 9.17) is 4.74 Å². The minimum Gasteiger partial charge on any atom is -0.361 e. The molecular formula is C18H31N3O2Si. The molecule has 0 N–H and O–H groups in total. The van der Waals surface area contributed by atoms with Crippen LogP contribution in [0.15, 0.2) is 24.5 Å². The van der Waals surface area contributed by atoms with Crippen LogP contribution < -0.4 is 0 Å². The van der Waals surface area contributed by atoms with Gasteiger partial charge >= 0.3 is 0 Å². The predicted molar refractivity (Wildman–Crippen MR) is 99.4 cm³/mol. The molecule has 0 bridgehead atoms. The fraction of sp³-hybridized carbons (Fsp3) is 0.667. The van der Waals surface area contributed by atoms with Gasteiger partial charge in [-0.05, 0) is 19.0 Å². The van der Waals surface area contributed by atoms with Gasteiger partial charge in [0.05, 0.1) is 6.04 Å². The second-order valence-electron chi connectivity index (χ2n) is 8.46. The fourth-order valence-corrected chi connectivity index (χ4v) is 3.83. The Kier molecular flexibility index (Phi) is 5.70. The monoisotopic (exact) mass is 349 g/mol. The maximum absolute atomic E-state index is 12.3. The van der Waals surface area contributed by atoms with Gasteiger partial charge in [0.25, 0.3) is 0 Å². The van der Waals surface area contributed by atoms with Gasteiger partial charge in [-0.1, -0.05) is 39.6 Å². The molecule has 1 fully saturated rings. The van der Waals surface area contributed by atoms with E-state index >= 15 is 0 Å². The highest BCUT2D eigenvalue weighted by Crippen LogP contribution is 2.47. The van der Waals surface area contributed by atoms with Crippen LogP contribution >= 0.6 is 0 Å². The molecule has 0 radical (unpaired) electrons. The molecule has 1 aromatic rings. The van der Waals surface area contributed by atoms with E-state index in [1.54, 1.807) is 18.3 Å². The zero-order valence-electron chi connectivity index (χ0n) is 15.9. The Balaban J connectivity index is 2.06. The fourth-order valence-electron chi connectivity index (χ4n) is 3.08. The lowest BCUT2D eigenvalue weighted by molar-refractivity contribution is -0.147. The van der Waals surface area contributed by atoms with E-state index in [-0.39, 0.29) is 17.4 Å². The highest BCUT2D eigenvalue weighted by Gasteiger charge is 2.50. The van der Waals surface area contributed by atoms with E-state index < -0.39 is 8.07 Å². The summed E-state index contributed by atoms with van der Waals surface area (Å²) in [6.07, 6.45) is 7.15. The third-order valence-electron chi connectivity index (χ3n) is 4.44. The van der Waals surface area contributed by atoms with Crippen molar-refractivity contribution in [3.8, 4) is 0 Å². The molecular weight excluding hydrogens is 318 g/mol. The van der Waals surface area contributed by atoms with Gasteiger partial charge in [0.15, 0.2) is 0 Å². The molecule has 0 aromatic carbocycles. The molecule has 0 saturated carbocycles. The first-order chi connectivity index (χ1) is 11.2. The summed E-state index contributed by atoms with van der Waals surface area (Å²) < 4.78 is 7.90. The Bertz CT molecular complexity index is 602. The van der Waals surface area contributed by atoms with Gasteiger partial charge in [0.2, 0.25) is 5.91 Å². The number of allylic oxidation sites excluding steroid dienone is 1. The lowest BCUT2D eigenvalue weighted by Crippen LogP contribution is -2.58. The van der Waals surface area contributed by atoms with Crippen molar-refractivity contribution in [3.05, 3.63) is 30.4 Å². The van der Waals surface area contributed by atoms with Crippen molar-refractivity contribution in [2.75, 3.05) is 13.2 Å². The Labute approximate surface area is 146 Å². The van der Waals surface area contributed by atoms with Crippen molar-refractivity contribution in [3.63, 3.8) is 0 Å². The van der Waals surface area contributed by atoms with Crippen molar-refractivity contribution in [2.24, 2.45) is 5.41 Å². The van der Waals surface area contributed by atoms with Gasteiger partial charge in [-0.2, -0.15) is 0 Å². The first kappa shape index (κ1) is 18.9. The number of carbonyl (C=O) groups is 1. The van der Waals surface area contributed by atoms with Gasteiger partial charge < -0.3 is 14.2 Å². The quantitative estimate of drug-likeness (QED) is 0.428. The van der Waals surface area contributed by atoms with E-state index in [1.165, 1.54) is 0 Å². The molecule has 1 unspecified atom stereocenters. The van der Waals surface area contributed by atoms with Crippen LogP contribution in [0.25, 0.3) is 0 Å². The van der Waals surface area contributed by atoms with Gasteiger partial charge in [-0.25, -0.2) is 4.98 Å². The molecule has 2 rings (SSSR count). The summed E-state index contributed by atoms with van der Waals surface area (Å²) in [6, 6.07) is 1.15. The van der Waals surface area contributed by atoms with Crippen molar-refractivity contribution < 1.29 is 9.53 Å². The summed E-state index contributed by atoms with van der Waals surface area (Å²) in [5.41, 5.74) is 0.0265. The van der Waals surface area contributed by atoms with E-state index in [1.807, 2.05) is 22.6 Å². The molecule has 1 aliphatic rings. The normalized spacial score (nSPS) is 20.4. The second kappa shape index (κ2) is 7.23. The molecule has 6 heteroatoms. The zero-order chi connectivity index (χ0) is 18.0. The average Bonchev–Trinajstić information content (AvgIpc) is 2.88. The van der Waals surface area contributed by atoms with Gasteiger partial charge in [0.1, 0.15) is 12.6 Å². The van der Waals surface area contributed by atoms with E-state index in [9.17, 15) is 4.79 Å². The van der Waals surface area contributed by atoms with E-state index in [0.29, 0.717) is 6.73 Å². The highest BCUT2D eigenvalue weighted by atomic mass is 28.3. The molecule has 1 saturated heterocycles. The maximum atomic E-state index is 12.3. The van der Waals surface area contributed by atoms with Gasteiger partial charge in [0, 0.05) is 39.0 Å². The van der Waals surface area contributed by atoms with Crippen LogP contribution in [0.1, 0.15) is 32.6 Å². The number of nitrogens with zero attached hydrogens (tertiary/aromatic N) is 3. The Morgan fingerprint density at radius 2 is 2.17 bits per heavy atom. The maximum Gasteiger partial charge on any atom is 0.246 e. The van der Waals surface area contributed by atoms with Crippen LogP contribution in [0.5, 0.6) is 0 Å². The number of ether oxygens (including phenoxy) is 1. The number of hydrogen-bond acceptors (Lipinski definition) is 3. The predicted octanol–water partition coefficient (Wildman–Crippen LogP) is 3.68. The SMILES string of the molecule is CC=CC(=O)N1CC(C)(C)C1c1nccn1COCC[Si](C)(C)C. The smallest absolute Gasteiger partial charge is 0.246 e. The summed E-state index contributed by atoms with van der Waals surface area (Å²) in [5, 5.41) is 0. The van der Waals surface area contributed by atoms with Crippen molar-refractivity contribution in [1.29, 1.82) is 0 Å². The number of rotatable bonds is 7. The molecule has 0 aliphatic carbocycles. The molecule has 134 valence electrons. The van der Waals surface area contributed by atoms with Crippen LogP contribution in [-0.4, -0.2) is 41.6 Å². The number of aromatic nitrogens is 2. The Morgan fingerprint density at radius 3 is 2.75 bits per heavy atom. The third kappa shape index (κ3) is 4.36. The standard InChI is InChI=1S/C18H31N3O2Si/c1-7-8-15(22)21-13-18(2,3)16(21)17-19-9-10-20(17)14-23-11-12-24(4,5)6/h7-10,16H,11-14H2,1-6H3. The first-order valence-corrected chi connectivity index (χ1v) is 12.4. The zero-order valence-corrected chi connectivity index (χ0v) is 16.9. The summed E-state index contributed by atoms with van der Waals surface area (Å²) in [6.45, 7) is 15.3. The summed E-state index contributed by atoms with van der Waals surface area (Å²) in [5.74, 6) is 0.966. The van der Waals surface area contributed by atoms with Crippen LogP contribution in [-0.2, 0) is 16.3 Å². The van der Waals surface area contributed by atoms with Crippen LogP contribution in [0.3, 0.4) is 0 Å². The Hall–Kier alpha value is -1.40. The van der Waals surface area contributed by atoms with Crippen molar-refractivity contribution in [1.82, 2.24) is 14.5 Å². The lowest BCUT2D eigenvalue weighted by Gasteiger charge is -2.53. The number of amides is 1. The Morgan fingerprint density at radius 1 is 1.46 bits per heavy atom.